The summed E-state index contributed by atoms with van der Waals surface area (Å²) in [5, 5.41) is 4.71. The number of aromatic nitrogens is 2. The number of esters is 1. The van der Waals surface area contributed by atoms with Crippen LogP contribution >= 0.6 is 11.3 Å². The lowest BCUT2D eigenvalue weighted by atomic mass is 10.1. The number of hydrogen-bond acceptors (Lipinski definition) is 7. The number of nitrogens with one attached hydrogen (secondary N) is 1. The monoisotopic (exact) mass is 387 g/mol. The van der Waals surface area contributed by atoms with E-state index in [1.165, 1.54) is 11.3 Å². The number of ether oxygens (including phenoxy) is 3. The van der Waals surface area contributed by atoms with Gasteiger partial charge in [-0.15, -0.1) is 11.3 Å². The maximum atomic E-state index is 12.1. The summed E-state index contributed by atoms with van der Waals surface area (Å²) >= 11 is 1.48. The number of carbonyl (C=O) groups is 2. The number of imidazole rings is 1. The molecule has 0 bridgehead atoms. The highest BCUT2D eigenvalue weighted by atomic mass is 32.1. The molecule has 1 aliphatic rings. The highest BCUT2D eigenvalue weighted by molar-refractivity contribution is 7.15. The summed E-state index contributed by atoms with van der Waals surface area (Å²) in [6.07, 6.45) is 3.67. The molecule has 140 valence electrons. The fraction of sp³-hybridized carbons (Fsp3) is 0.278. The van der Waals surface area contributed by atoms with E-state index < -0.39 is 5.97 Å². The zero-order valence-electron chi connectivity index (χ0n) is 14.5. The Bertz CT molecular complexity index is 967. The van der Waals surface area contributed by atoms with Crippen molar-refractivity contribution in [3.8, 4) is 11.5 Å². The Kier molecular flexibility index (Phi) is 4.68. The molecule has 4 rings (SSSR count). The lowest BCUT2D eigenvalue weighted by molar-refractivity contribution is -0.148. The van der Waals surface area contributed by atoms with E-state index in [-0.39, 0.29) is 31.8 Å². The van der Waals surface area contributed by atoms with Gasteiger partial charge in [0.1, 0.15) is 0 Å². The molecular formula is C18H17N3O5S. The van der Waals surface area contributed by atoms with Gasteiger partial charge >= 0.3 is 5.97 Å². The molecule has 0 fully saturated rings. The zero-order valence-corrected chi connectivity index (χ0v) is 15.3. The molecule has 0 saturated carbocycles. The average Bonchev–Trinajstić information content (AvgIpc) is 3.34. The maximum absolute atomic E-state index is 12.1. The Morgan fingerprint density at radius 2 is 2.22 bits per heavy atom. The minimum absolute atomic E-state index is 0.0272. The fourth-order valence-electron chi connectivity index (χ4n) is 2.76. The SMILES string of the molecule is C[C@H](NC(=O)COC(=O)Cc1cn2ccsc2n1)c1ccc2c(c1)OCO2. The van der Waals surface area contributed by atoms with Gasteiger partial charge in [0.05, 0.1) is 18.2 Å². The van der Waals surface area contributed by atoms with Gasteiger partial charge in [-0.25, -0.2) is 4.98 Å². The summed E-state index contributed by atoms with van der Waals surface area (Å²) in [5.41, 5.74) is 1.48. The van der Waals surface area contributed by atoms with Gasteiger partial charge < -0.3 is 19.5 Å². The largest absolute Gasteiger partial charge is 0.455 e. The van der Waals surface area contributed by atoms with Crippen molar-refractivity contribution < 1.29 is 23.8 Å². The van der Waals surface area contributed by atoms with E-state index in [1.807, 2.05) is 35.0 Å². The van der Waals surface area contributed by atoms with E-state index in [9.17, 15) is 9.59 Å². The molecular weight excluding hydrogens is 370 g/mol. The first kappa shape index (κ1) is 17.3. The van der Waals surface area contributed by atoms with Crippen LogP contribution in [0, 0.1) is 0 Å². The summed E-state index contributed by atoms with van der Waals surface area (Å²) in [4.78, 5) is 29.1. The molecule has 1 aromatic carbocycles. The van der Waals surface area contributed by atoms with Crippen LogP contribution in [0.15, 0.2) is 36.0 Å². The van der Waals surface area contributed by atoms with Crippen molar-refractivity contribution in [2.45, 2.75) is 19.4 Å². The molecule has 3 heterocycles. The van der Waals surface area contributed by atoms with Crippen LogP contribution in [0.3, 0.4) is 0 Å². The van der Waals surface area contributed by atoms with Crippen LogP contribution in [-0.2, 0) is 20.7 Å². The number of amides is 1. The molecule has 1 N–H and O–H groups in total. The second kappa shape index (κ2) is 7.28. The van der Waals surface area contributed by atoms with Crippen molar-refractivity contribution in [1.82, 2.24) is 14.7 Å². The van der Waals surface area contributed by atoms with Crippen molar-refractivity contribution in [2.24, 2.45) is 0 Å². The number of fused-ring (bicyclic) bond motifs is 2. The van der Waals surface area contributed by atoms with Gasteiger partial charge in [0.2, 0.25) is 6.79 Å². The number of benzene rings is 1. The molecule has 0 saturated heterocycles. The minimum atomic E-state index is -0.494. The normalized spacial score (nSPS) is 13.5. The molecule has 0 unspecified atom stereocenters. The lowest BCUT2D eigenvalue weighted by Crippen LogP contribution is -2.31. The van der Waals surface area contributed by atoms with Crippen LogP contribution in [0.4, 0.5) is 0 Å². The molecule has 2 aromatic heterocycles. The van der Waals surface area contributed by atoms with Gasteiger partial charge in [0, 0.05) is 17.8 Å². The molecule has 1 amide bonds. The predicted octanol–water partition coefficient (Wildman–Crippen LogP) is 2.09. The Morgan fingerprint density at radius 3 is 3.07 bits per heavy atom. The van der Waals surface area contributed by atoms with Crippen molar-refractivity contribution in [3.63, 3.8) is 0 Å². The highest BCUT2D eigenvalue weighted by Crippen LogP contribution is 2.34. The summed E-state index contributed by atoms with van der Waals surface area (Å²) in [7, 11) is 0. The van der Waals surface area contributed by atoms with E-state index in [2.05, 4.69) is 10.3 Å². The van der Waals surface area contributed by atoms with E-state index in [0.717, 1.165) is 10.5 Å². The summed E-state index contributed by atoms with van der Waals surface area (Å²) in [6.45, 7) is 1.70. The number of nitrogens with zero attached hydrogens (tertiary/aromatic N) is 2. The molecule has 9 heteroatoms. The molecule has 8 nitrogen and oxygen atoms in total. The number of carbonyl (C=O) groups excluding carboxylic acids is 2. The first-order chi connectivity index (χ1) is 13.1. The fourth-order valence-corrected chi connectivity index (χ4v) is 3.47. The molecule has 0 aliphatic carbocycles. The van der Waals surface area contributed by atoms with Gasteiger partial charge in [-0.05, 0) is 24.6 Å². The molecule has 3 aromatic rings. The van der Waals surface area contributed by atoms with Crippen LogP contribution in [-0.4, -0.2) is 34.7 Å². The average molecular weight is 387 g/mol. The first-order valence-corrected chi connectivity index (χ1v) is 9.22. The third-order valence-corrected chi connectivity index (χ3v) is 4.88. The van der Waals surface area contributed by atoms with Gasteiger partial charge in [-0.2, -0.15) is 0 Å². The summed E-state index contributed by atoms with van der Waals surface area (Å²) in [6, 6.07) is 5.22. The topological polar surface area (TPSA) is 91.2 Å². The van der Waals surface area contributed by atoms with Crippen molar-refractivity contribution in [2.75, 3.05) is 13.4 Å². The third kappa shape index (κ3) is 3.87. The smallest absolute Gasteiger partial charge is 0.312 e. The maximum Gasteiger partial charge on any atom is 0.312 e. The van der Waals surface area contributed by atoms with Gasteiger partial charge in [-0.1, -0.05) is 6.07 Å². The van der Waals surface area contributed by atoms with E-state index in [4.69, 9.17) is 14.2 Å². The minimum Gasteiger partial charge on any atom is -0.455 e. The van der Waals surface area contributed by atoms with Gasteiger partial charge in [0.25, 0.3) is 5.91 Å². The van der Waals surface area contributed by atoms with Gasteiger partial charge in [0.15, 0.2) is 23.1 Å². The number of hydrogen-bond donors (Lipinski definition) is 1. The Hall–Kier alpha value is -3.07. The van der Waals surface area contributed by atoms with Crippen LogP contribution in [0.5, 0.6) is 11.5 Å². The molecule has 27 heavy (non-hydrogen) atoms. The third-order valence-electron chi connectivity index (χ3n) is 4.11. The van der Waals surface area contributed by atoms with Crippen LogP contribution in [0.25, 0.3) is 4.96 Å². The van der Waals surface area contributed by atoms with Crippen molar-refractivity contribution >= 4 is 28.2 Å². The van der Waals surface area contributed by atoms with Crippen LogP contribution in [0.1, 0.15) is 24.2 Å². The second-order valence-corrected chi connectivity index (χ2v) is 6.94. The Morgan fingerprint density at radius 1 is 1.37 bits per heavy atom. The quantitative estimate of drug-likeness (QED) is 0.652. The van der Waals surface area contributed by atoms with Crippen molar-refractivity contribution in [3.05, 3.63) is 47.2 Å². The lowest BCUT2D eigenvalue weighted by Gasteiger charge is -2.14. The van der Waals surface area contributed by atoms with E-state index in [0.29, 0.717) is 17.2 Å². The van der Waals surface area contributed by atoms with Crippen LogP contribution < -0.4 is 14.8 Å². The Labute approximate surface area is 158 Å². The highest BCUT2D eigenvalue weighted by Gasteiger charge is 2.18. The number of thiazole rings is 1. The molecule has 1 atom stereocenters. The zero-order chi connectivity index (χ0) is 18.8. The van der Waals surface area contributed by atoms with Crippen molar-refractivity contribution in [1.29, 1.82) is 0 Å². The summed E-state index contributed by atoms with van der Waals surface area (Å²) in [5.74, 6) is 0.469. The second-order valence-electron chi connectivity index (χ2n) is 6.06. The molecule has 0 radical (unpaired) electrons. The Balaban J connectivity index is 1.26. The van der Waals surface area contributed by atoms with Crippen LogP contribution in [0.2, 0.25) is 0 Å². The van der Waals surface area contributed by atoms with E-state index >= 15 is 0 Å². The molecule has 0 spiro atoms. The molecule has 1 aliphatic heterocycles. The predicted molar refractivity (Wildman–Crippen MR) is 96.9 cm³/mol. The standard InChI is InChI=1S/C18H17N3O5S/c1-11(12-2-3-14-15(6-12)26-10-25-14)19-16(22)9-24-17(23)7-13-8-21-4-5-27-18(21)20-13/h2-6,8,11H,7,9-10H2,1H3,(H,19,22)/t11-/m0/s1. The number of rotatable bonds is 6. The summed E-state index contributed by atoms with van der Waals surface area (Å²) < 4.78 is 17.5. The van der Waals surface area contributed by atoms with E-state index in [1.54, 1.807) is 12.3 Å². The van der Waals surface area contributed by atoms with Gasteiger partial charge in [-0.3, -0.25) is 14.0 Å². The first-order valence-electron chi connectivity index (χ1n) is 8.34.